The van der Waals surface area contributed by atoms with E-state index in [1.54, 1.807) is 32.0 Å². The molecule has 0 aliphatic rings. The van der Waals surface area contributed by atoms with E-state index >= 15 is 0 Å². The van der Waals surface area contributed by atoms with Gasteiger partial charge in [-0.05, 0) is 42.8 Å². The Kier molecular flexibility index (Phi) is 7.31. The van der Waals surface area contributed by atoms with Crippen LogP contribution in [-0.4, -0.2) is 44.3 Å². The molecule has 28 heavy (non-hydrogen) atoms. The zero-order chi connectivity index (χ0) is 20.7. The largest absolute Gasteiger partial charge is 0.452 e. The summed E-state index contributed by atoms with van der Waals surface area (Å²) in [4.78, 5) is 24.2. The highest BCUT2D eigenvalue weighted by molar-refractivity contribution is 7.89. The number of esters is 1. The number of carbonyl (C=O) groups excluding carboxylic acids is 2. The van der Waals surface area contributed by atoms with Gasteiger partial charge in [-0.3, -0.25) is 4.79 Å². The lowest BCUT2D eigenvalue weighted by molar-refractivity contribution is -0.119. The Hall–Kier alpha value is -2.71. The van der Waals surface area contributed by atoms with Crippen LogP contribution in [0.25, 0.3) is 0 Å². The van der Waals surface area contributed by atoms with Crippen LogP contribution in [0.2, 0.25) is 0 Å². The summed E-state index contributed by atoms with van der Waals surface area (Å²) in [5, 5.41) is 2.64. The SMILES string of the molecule is CCN(CC)S(=O)(=O)c1cccc(C(=O)OCC(=O)Nc2cccc(C)c2)c1. The molecule has 2 aromatic rings. The zero-order valence-electron chi connectivity index (χ0n) is 16.1. The molecule has 0 aliphatic carbocycles. The minimum atomic E-state index is -3.69. The molecule has 0 unspecified atom stereocenters. The van der Waals surface area contributed by atoms with Crippen LogP contribution in [0, 0.1) is 6.92 Å². The number of benzene rings is 2. The van der Waals surface area contributed by atoms with Crippen molar-refractivity contribution in [2.24, 2.45) is 0 Å². The molecule has 1 amide bonds. The molecule has 0 radical (unpaired) electrons. The maximum absolute atomic E-state index is 12.6. The Labute approximate surface area is 165 Å². The van der Waals surface area contributed by atoms with Gasteiger partial charge in [0.1, 0.15) is 0 Å². The first kappa shape index (κ1) is 21.6. The molecule has 0 aliphatic heterocycles. The van der Waals surface area contributed by atoms with E-state index in [2.05, 4.69) is 5.32 Å². The predicted molar refractivity (Wildman–Crippen MR) is 107 cm³/mol. The van der Waals surface area contributed by atoms with Crippen molar-refractivity contribution < 1.29 is 22.7 Å². The van der Waals surface area contributed by atoms with Gasteiger partial charge in [0, 0.05) is 18.8 Å². The number of hydrogen-bond donors (Lipinski definition) is 1. The van der Waals surface area contributed by atoms with Crippen molar-refractivity contribution in [2.45, 2.75) is 25.7 Å². The second-order valence-corrected chi connectivity index (χ2v) is 8.05. The normalized spacial score (nSPS) is 11.3. The molecule has 2 aromatic carbocycles. The van der Waals surface area contributed by atoms with E-state index in [0.29, 0.717) is 18.8 Å². The maximum Gasteiger partial charge on any atom is 0.338 e. The molecule has 0 aromatic heterocycles. The van der Waals surface area contributed by atoms with Gasteiger partial charge in [-0.1, -0.05) is 32.0 Å². The highest BCUT2D eigenvalue weighted by atomic mass is 32.2. The third-order valence-electron chi connectivity index (χ3n) is 4.05. The van der Waals surface area contributed by atoms with E-state index in [0.717, 1.165) is 5.56 Å². The van der Waals surface area contributed by atoms with Crippen LogP contribution in [0.5, 0.6) is 0 Å². The molecule has 7 nitrogen and oxygen atoms in total. The first-order chi connectivity index (χ1) is 13.3. The third-order valence-corrected chi connectivity index (χ3v) is 6.10. The smallest absolute Gasteiger partial charge is 0.338 e. The quantitative estimate of drug-likeness (QED) is 0.683. The van der Waals surface area contributed by atoms with Gasteiger partial charge >= 0.3 is 5.97 Å². The van der Waals surface area contributed by atoms with Gasteiger partial charge < -0.3 is 10.1 Å². The monoisotopic (exact) mass is 404 g/mol. The maximum atomic E-state index is 12.6. The number of ether oxygens (including phenoxy) is 1. The minimum Gasteiger partial charge on any atom is -0.452 e. The van der Waals surface area contributed by atoms with E-state index in [1.165, 1.54) is 28.6 Å². The number of carbonyl (C=O) groups is 2. The molecular formula is C20H24N2O5S. The average Bonchev–Trinajstić information content (AvgIpc) is 2.67. The van der Waals surface area contributed by atoms with Crippen LogP contribution in [-0.2, 0) is 19.6 Å². The summed E-state index contributed by atoms with van der Waals surface area (Å²) in [6.07, 6.45) is 0. The van der Waals surface area contributed by atoms with E-state index in [1.807, 2.05) is 13.0 Å². The van der Waals surface area contributed by atoms with Crippen molar-refractivity contribution in [3.05, 3.63) is 59.7 Å². The lowest BCUT2D eigenvalue weighted by Crippen LogP contribution is -2.30. The summed E-state index contributed by atoms with van der Waals surface area (Å²) < 4.78 is 31.5. The molecule has 0 atom stereocenters. The molecule has 0 heterocycles. The molecule has 0 saturated heterocycles. The number of amides is 1. The van der Waals surface area contributed by atoms with Gasteiger partial charge in [0.05, 0.1) is 10.5 Å². The van der Waals surface area contributed by atoms with Crippen LogP contribution in [0.15, 0.2) is 53.4 Å². The average molecular weight is 404 g/mol. The van der Waals surface area contributed by atoms with Crippen LogP contribution >= 0.6 is 0 Å². The number of anilines is 1. The second-order valence-electron chi connectivity index (χ2n) is 6.11. The Balaban J connectivity index is 2.04. The van der Waals surface area contributed by atoms with Crippen molar-refractivity contribution in [2.75, 3.05) is 25.0 Å². The molecule has 150 valence electrons. The van der Waals surface area contributed by atoms with Gasteiger partial charge in [-0.2, -0.15) is 4.31 Å². The van der Waals surface area contributed by atoms with Crippen LogP contribution < -0.4 is 5.32 Å². The fourth-order valence-corrected chi connectivity index (χ4v) is 4.13. The van der Waals surface area contributed by atoms with Crippen molar-refractivity contribution in [1.82, 2.24) is 4.31 Å². The molecule has 0 saturated carbocycles. The fourth-order valence-electron chi connectivity index (χ4n) is 2.63. The van der Waals surface area contributed by atoms with E-state index in [9.17, 15) is 18.0 Å². The third kappa shape index (κ3) is 5.40. The van der Waals surface area contributed by atoms with Crippen molar-refractivity contribution in [3.8, 4) is 0 Å². The first-order valence-electron chi connectivity index (χ1n) is 8.91. The summed E-state index contributed by atoms with van der Waals surface area (Å²) in [5.41, 5.74) is 1.66. The van der Waals surface area contributed by atoms with Crippen LogP contribution in [0.3, 0.4) is 0 Å². The zero-order valence-corrected chi connectivity index (χ0v) is 17.0. The number of hydrogen-bond acceptors (Lipinski definition) is 5. The molecule has 1 N–H and O–H groups in total. The summed E-state index contributed by atoms with van der Waals surface area (Å²) >= 11 is 0. The fraction of sp³-hybridized carbons (Fsp3) is 0.300. The van der Waals surface area contributed by atoms with Crippen molar-refractivity contribution in [3.63, 3.8) is 0 Å². The Morgan fingerprint density at radius 1 is 1.04 bits per heavy atom. The Bertz CT molecular complexity index is 953. The lowest BCUT2D eigenvalue weighted by Gasteiger charge is -2.18. The van der Waals surface area contributed by atoms with E-state index in [4.69, 9.17) is 4.74 Å². The Morgan fingerprint density at radius 2 is 1.71 bits per heavy atom. The number of sulfonamides is 1. The van der Waals surface area contributed by atoms with E-state index < -0.39 is 28.5 Å². The summed E-state index contributed by atoms with van der Waals surface area (Å²) in [7, 11) is -3.69. The van der Waals surface area contributed by atoms with Gasteiger partial charge in [0.15, 0.2) is 6.61 Å². The molecular weight excluding hydrogens is 380 g/mol. The van der Waals surface area contributed by atoms with Crippen molar-refractivity contribution in [1.29, 1.82) is 0 Å². The number of nitrogens with zero attached hydrogens (tertiary/aromatic N) is 1. The molecule has 0 fully saturated rings. The van der Waals surface area contributed by atoms with Crippen molar-refractivity contribution >= 4 is 27.6 Å². The number of rotatable bonds is 8. The first-order valence-corrected chi connectivity index (χ1v) is 10.4. The summed E-state index contributed by atoms with van der Waals surface area (Å²) in [5.74, 6) is -1.25. The lowest BCUT2D eigenvalue weighted by atomic mass is 10.2. The van der Waals surface area contributed by atoms with Gasteiger partial charge in [0.25, 0.3) is 5.91 Å². The molecule has 2 rings (SSSR count). The summed E-state index contributed by atoms with van der Waals surface area (Å²) in [6.45, 7) is 5.56. The Morgan fingerprint density at radius 3 is 2.36 bits per heavy atom. The highest BCUT2D eigenvalue weighted by Gasteiger charge is 2.23. The number of nitrogens with one attached hydrogen (secondary N) is 1. The molecule has 0 spiro atoms. The van der Waals surface area contributed by atoms with Crippen LogP contribution in [0.4, 0.5) is 5.69 Å². The number of aryl methyl sites for hydroxylation is 1. The second kappa shape index (κ2) is 9.48. The molecule has 0 bridgehead atoms. The minimum absolute atomic E-state index is 0.00913. The topological polar surface area (TPSA) is 92.8 Å². The summed E-state index contributed by atoms with van der Waals surface area (Å²) in [6, 6.07) is 12.8. The van der Waals surface area contributed by atoms with Crippen LogP contribution in [0.1, 0.15) is 29.8 Å². The predicted octanol–water partition coefficient (Wildman–Crippen LogP) is 2.82. The van der Waals surface area contributed by atoms with Gasteiger partial charge in [-0.25, -0.2) is 13.2 Å². The standard InChI is InChI=1S/C20H24N2O5S/c1-4-22(5-2)28(25,26)18-11-7-9-16(13-18)20(24)27-14-19(23)21-17-10-6-8-15(3)12-17/h6-13H,4-5,14H2,1-3H3,(H,21,23). The van der Waals surface area contributed by atoms with E-state index in [-0.39, 0.29) is 10.5 Å². The van der Waals surface area contributed by atoms with Gasteiger partial charge in [0.2, 0.25) is 10.0 Å². The van der Waals surface area contributed by atoms with Gasteiger partial charge in [-0.15, -0.1) is 0 Å². The molecule has 8 heteroatoms. The highest BCUT2D eigenvalue weighted by Crippen LogP contribution is 2.17.